The molecule has 1 aromatic heterocycles. The van der Waals surface area contributed by atoms with E-state index in [0.29, 0.717) is 17.1 Å². The summed E-state index contributed by atoms with van der Waals surface area (Å²) in [6, 6.07) is 11.7. The summed E-state index contributed by atoms with van der Waals surface area (Å²) in [6.45, 7) is 3.22. The molecule has 3 rings (SSSR count). The van der Waals surface area contributed by atoms with E-state index in [1.54, 1.807) is 26.0 Å². The predicted octanol–water partition coefficient (Wildman–Crippen LogP) is 3.36. The van der Waals surface area contributed by atoms with Crippen molar-refractivity contribution in [3.63, 3.8) is 0 Å². The van der Waals surface area contributed by atoms with Crippen LogP contribution in [-0.2, 0) is 4.79 Å². The topological polar surface area (TPSA) is 107 Å². The van der Waals surface area contributed by atoms with E-state index >= 15 is 0 Å². The first-order valence-corrected chi connectivity index (χ1v) is 8.21. The summed E-state index contributed by atoms with van der Waals surface area (Å²) in [7, 11) is 0. The minimum absolute atomic E-state index is 0.0900. The van der Waals surface area contributed by atoms with Crippen LogP contribution in [0.25, 0.3) is 5.69 Å². The van der Waals surface area contributed by atoms with Crippen LogP contribution in [0.3, 0.4) is 0 Å². The molecule has 1 N–H and O–H groups in total. The number of aromatic nitrogens is 2. The van der Waals surface area contributed by atoms with Crippen LogP contribution in [0.4, 0.5) is 15.8 Å². The molecule has 1 amide bonds. The molecule has 0 atom stereocenters. The molecular formula is C19H15FN4O4. The van der Waals surface area contributed by atoms with Gasteiger partial charge < -0.3 is 5.32 Å². The highest BCUT2D eigenvalue weighted by Gasteiger charge is 2.26. The van der Waals surface area contributed by atoms with Gasteiger partial charge in [-0.15, -0.1) is 0 Å². The van der Waals surface area contributed by atoms with E-state index in [9.17, 15) is 24.1 Å². The van der Waals surface area contributed by atoms with E-state index in [4.69, 9.17) is 0 Å². The predicted molar refractivity (Wildman–Crippen MR) is 99.1 cm³/mol. The first-order valence-electron chi connectivity index (χ1n) is 8.21. The van der Waals surface area contributed by atoms with Crippen LogP contribution in [0.2, 0.25) is 0 Å². The number of aryl methyl sites for hydroxylation is 1. The monoisotopic (exact) mass is 382 g/mol. The molecule has 2 aromatic carbocycles. The Morgan fingerprint density at radius 3 is 2.46 bits per heavy atom. The van der Waals surface area contributed by atoms with Crippen LogP contribution in [0.5, 0.6) is 0 Å². The highest BCUT2D eigenvalue weighted by atomic mass is 19.1. The molecule has 1 heterocycles. The number of hydrogen-bond acceptors (Lipinski definition) is 5. The molecule has 0 aliphatic rings. The average molecular weight is 382 g/mol. The van der Waals surface area contributed by atoms with Gasteiger partial charge in [-0.3, -0.25) is 19.7 Å². The van der Waals surface area contributed by atoms with E-state index in [1.807, 2.05) is 18.2 Å². The van der Waals surface area contributed by atoms with Crippen molar-refractivity contribution in [3.8, 4) is 5.69 Å². The van der Waals surface area contributed by atoms with E-state index in [2.05, 4.69) is 10.4 Å². The van der Waals surface area contributed by atoms with Crippen LogP contribution in [0.15, 0.2) is 48.5 Å². The number of benzene rings is 2. The van der Waals surface area contributed by atoms with Gasteiger partial charge >= 0.3 is 0 Å². The van der Waals surface area contributed by atoms with Crippen LogP contribution >= 0.6 is 0 Å². The third-order valence-corrected chi connectivity index (χ3v) is 4.13. The summed E-state index contributed by atoms with van der Waals surface area (Å²) in [5.41, 5.74) is 0.732. The van der Waals surface area contributed by atoms with Crippen molar-refractivity contribution in [1.82, 2.24) is 9.78 Å². The van der Waals surface area contributed by atoms with E-state index in [1.165, 1.54) is 4.68 Å². The zero-order chi connectivity index (χ0) is 20.4. The highest BCUT2D eigenvalue weighted by Crippen LogP contribution is 2.23. The lowest BCUT2D eigenvalue weighted by Gasteiger charge is -2.07. The minimum atomic E-state index is -1.11. The Morgan fingerprint density at radius 1 is 1.14 bits per heavy atom. The van der Waals surface area contributed by atoms with Gasteiger partial charge in [-0.1, -0.05) is 18.2 Å². The third-order valence-electron chi connectivity index (χ3n) is 4.13. The fourth-order valence-electron chi connectivity index (χ4n) is 2.81. The van der Waals surface area contributed by atoms with Crippen molar-refractivity contribution < 1.29 is 18.9 Å². The molecule has 0 radical (unpaired) electrons. The van der Waals surface area contributed by atoms with Crippen LogP contribution in [0, 0.1) is 29.8 Å². The van der Waals surface area contributed by atoms with E-state index < -0.39 is 33.8 Å². The summed E-state index contributed by atoms with van der Waals surface area (Å²) >= 11 is 0. The fourth-order valence-corrected chi connectivity index (χ4v) is 2.81. The number of ketones is 1. The number of Topliss-reactive ketones (excluding diaryl/α,β-unsaturated/α-hetero) is 1. The fraction of sp³-hybridized carbons (Fsp3) is 0.105. The van der Waals surface area contributed by atoms with Gasteiger partial charge in [0.15, 0.2) is 0 Å². The first-order chi connectivity index (χ1) is 13.3. The first kappa shape index (κ1) is 18.9. The average Bonchev–Trinajstić information content (AvgIpc) is 2.97. The summed E-state index contributed by atoms with van der Waals surface area (Å²) in [6.07, 6.45) is 0. The third kappa shape index (κ3) is 3.50. The number of carbonyl (C=O) groups excluding carboxylic acids is 2. The Labute approximate surface area is 158 Å². The van der Waals surface area contributed by atoms with E-state index in [-0.39, 0.29) is 5.56 Å². The number of hydrogen-bond donors (Lipinski definition) is 1. The van der Waals surface area contributed by atoms with Crippen LogP contribution in [-0.4, -0.2) is 26.4 Å². The van der Waals surface area contributed by atoms with Crippen LogP contribution in [0.1, 0.15) is 21.7 Å². The zero-order valence-corrected chi connectivity index (χ0v) is 15.0. The number of halogens is 1. The molecule has 9 heteroatoms. The molecule has 0 saturated carbocycles. The van der Waals surface area contributed by atoms with Gasteiger partial charge in [-0.05, 0) is 32.0 Å². The number of nitrogens with one attached hydrogen (secondary N) is 1. The number of amides is 1. The molecule has 0 aliphatic heterocycles. The lowest BCUT2D eigenvalue weighted by molar-refractivity contribution is -0.384. The highest BCUT2D eigenvalue weighted by molar-refractivity contribution is 6.47. The second-order valence-corrected chi connectivity index (χ2v) is 6.00. The number of rotatable bonds is 5. The van der Waals surface area contributed by atoms with E-state index in [0.717, 1.165) is 18.2 Å². The molecule has 28 heavy (non-hydrogen) atoms. The van der Waals surface area contributed by atoms with Gasteiger partial charge in [0.1, 0.15) is 5.82 Å². The standard InChI is InChI=1S/C19H15FN4O4/c1-11-17(12(2)23(22-11)13-6-4-3-5-7-13)18(25)19(26)21-16-10-14(24(27)28)8-9-15(16)20/h3-10H,1-2H3,(H,21,26). The molecule has 0 saturated heterocycles. The Kier molecular flexibility index (Phi) is 4.99. The second kappa shape index (κ2) is 7.39. The molecule has 8 nitrogen and oxygen atoms in total. The van der Waals surface area contributed by atoms with Crippen molar-refractivity contribution in [2.75, 3.05) is 5.32 Å². The molecule has 0 unspecified atom stereocenters. The van der Waals surface area contributed by atoms with Gasteiger partial charge in [0.25, 0.3) is 17.4 Å². The van der Waals surface area contributed by atoms with Gasteiger partial charge in [-0.25, -0.2) is 9.07 Å². The maximum absolute atomic E-state index is 13.9. The molecule has 3 aromatic rings. The summed E-state index contributed by atoms with van der Waals surface area (Å²) in [4.78, 5) is 35.1. The smallest absolute Gasteiger partial charge is 0.296 e. The van der Waals surface area contributed by atoms with Crippen molar-refractivity contribution in [2.24, 2.45) is 0 Å². The minimum Gasteiger partial charge on any atom is -0.316 e. The molecule has 0 aliphatic carbocycles. The maximum Gasteiger partial charge on any atom is 0.296 e. The number of para-hydroxylation sites is 1. The number of carbonyl (C=O) groups is 2. The number of nitro benzene ring substituents is 1. The summed E-state index contributed by atoms with van der Waals surface area (Å²) < 4.78 is 15.4. The molecule has 0 fully saturated rings. The van der Waals surface area contributed by atoms with Crippen molar-refractivity contribution in [2.45, 2.75) is 13.8 Å². The van der Waals surface area contributed by atoms with Gasteiger partial charge in [0, 0.05) is 12.1 Å². The number of nitrogens with zero attached hydrogens (tertiary/aromatic N) is 3. The molecular weight excluding hydrogens is 367 g/mol. The summed E-state index contributed by atoms with van der Waals surface area (Å²) in [5.74, 6) is -2.92. The molecule has 0 bridgehead atoms. The normalized spacial score (nSPS) is 10.5. The number of anilines is 1. The number of non-ortho nitro benzene ring substituents is 1. The Hall–Kier alpha value is -3.88. The zero-order valence-electron chi connectivity index (χ0n) is 15.0. The largest absolute Gasteiger partial charge is 0.316 e. The van der Waals surface area contributed by atoms with Gasteiger partial charge in [-0.2, -0.15) is 5.10 Å². The van der Waals surface area contributed by atoms with Crippen molar-refractivity contribution >= 4 is 23.1 Å². The Morgan fingerprint density at radius 2 is 1.82 bits per heavy atom. The number of nitro groups is 1. The Bertz CT molecular complexity index is 1090. The van der Waals surface area contributed by atoms with Crippen LogP contribution < -0.4 is 5.32 Å². The quantitative estimate of drug-likeness (QED) is 0.315. The Balaban J connectivity index is 1.91. The van der Waals surface area contributed by atoms with Crippen molar-refractivity contribution in [3.05, 3.63) is 81.4 Å². The lowest BCUT2D eigenvalue weighted by Crippen LogP contribution is -2.24. The lowest BCUT2D eigenvalue weighted by atomic mass is 10.1. The second-order valence-electron chi connectivity index (χ2n) is 6.00. The van der Waals surface area contributed by atoms with Gasteiger partial charge in [0.05, 0.1) is 33.2 Å². The van der Waals surface area contributed by atoms with Crippen molar-refractivity contribution in [1.29, 1.82) is 0 Å². The SMILES string of the molecule is Cc1nn(-c2ccccc2)c(C)c1C(=O)C(=O)Nc1cc([N+](=O)[O-])ccc1F. The molecule has 142 valence electrons. The molecule has 0 spiro atoms. The maximum atomic E-state index is 13.9. The van der Waals surface area contributed by atoms with Gasteiger partial charge in [0.2, 0.25) is 0 Å². The summed E-state index contributed by atoms with van der Waals surface area (Å²) in [5, 5.41) is 17.2.